The van der Waals surface area contributed by atoms with E-state index in [0.29, 0.717) is 16.6 Å². The smallest absolute Gasteiger partial charge is 0.871 e. The minimum atomic E-state index is 0. The number of benzene rings is 3. The molecule has 6 rings (SSSR count). The first-order valence-electron chi connectivity index (χ1n) is 12.7. The number of aromatic nitrogens is 3. The van der Waals surface area contributed by atoms with E-state index in [1.807, 2.05) is 77.9 Å². The standard InChI is InChI=1S/3C11H11NO.Al/c3*1-7-6-8(2)12-11-9(7)4-3-5-10(11)13;/h3*3-6,13H,1-2H3;/q;;;+3/p-3. The fourth-order valence-electron chi connectivity index (χ4n) is 4.67. The maximum Gasteiger partial charge on any atom is 3.00 e. The molecular weight excluding hydrogens is 513 g/mol. The van der Waals surface area contributed by atoms with Gasteiger partial charge in [-0.2, -0.15) is 0 Å². The second-order valence-electron chi connectivity index (χ2n) is 9.70. The van der Waals surface area contributed by atoms with E-state index in [2.05, 4.69) is 15.0 Å². The molecule has 3 heterocycles. The third-order valence-corrected chi connectivity index (χ3v) is 6.41. The summed E-state index contributed by atoms with van der Waals surface area (Å²) in [4.78, 5) is 12.7. The third kappa shape index (κ3) is 6.69. The van der Waals surface area contributed by atoms with Gasteiger partial charge in [-0.1, -0.05) is 71.8 Å². The van der Waals surface area contributed by atoms with Crippen molar-refractivity contribution in [2.24, 2.45) is 0 Å². The van der Waals surface area contributed by atoms with Crippen LogP contribution in [0, 0.1) is 41.5 Å². The molecule has 40 heavy (non-hydrogen) atoms. The molecule has 0 bridgehead atoms. The van der Waals surface area contributed by atoms with Crippen molar-refractivity contribution in [3.63, 3.8) is 0 Å². The Hall–Kier alpha value is -4.18. The van der Waals surface area contributed by atoms with Gasteiger partial charge in [-0.25, -0.2) is 0 Å². The van der Waals surface area contributed by atoms with E-state index in [-0.39, 0.29) is 34.6 Å². The van der Waals surface area contributed by atoms with Crippen molar-refractivity contribution < 1.29 is 15.3 Å². The van der Waals surface area contributed by atoms with Gasteiger partial charge in [0.1, 0.15) is 0 Å². The Morgan fingerprint density at radius 2 is 0.675 bits per heavy atom. The minimum absolute atomic E-state index is 0. The largest absolute Gasteiger partial charge is 3.00 e. The molecule has 6 aromatic rings. The summed E-state index contributed by atoms with van der Waals surface area (Å²) >= 11 is 0. The number of fused-ring (bicyclic) bond motifs is 3. The first-order chi connectivity index (χ1) is 18.5. The van der Waals surface area contributed by atoms with Crippen molar-refractivity contribution in [2.75, 3.05) is 0 Å². The molecule has 6 nitrogen and oxygen atoms in total. The summed E-state index contributed by atoms with van der Waals surface area (Å²) < 4.78 is 0. The molecule has 0 aliphatic rings. The number of aryl methyl sites for hydroxylation is 6. The Morgan fingerprint density at radius 1 is 0.425 bits per heavy atom. The van der Waals surface area contributed by atoms with E-state index in [0.717, 1.165) is 49.9 Å². The van der Waals surface area contributed by atoms with Crippen molar-refractivity contribution >= 4 is 50.1 Å². The number of hydrogen-bond donors (Lipinski definition) is 0. The van der Waals surface area contributed by atoms with Crippen molar-refractivity contribution in [2.45, 2.75) is 41.5 Å². The summed E-state index contributed by atoms with van der Waals surface area (Å²) in [7, 11) is 0. The van der Waals surface area contributed by atoms with Gasteiger partial charge in [0.15, 0.2) is 0 Å². The fraction of sp³-hybridized carbons (Fsp3) is 0.182. The van der Waals surface area contributed by atoms with Crippen LogP contribution >= 0.6 is 0 Å². The Bertz CT molecular complexity index is 1610. The normalized spacial score (nSPS) is 10.3. The van der Waals surface area contributed by atoms with Crippen LogP contribution in [-0.2, 0) is 0 Å². The topological polar surface area (TPSA) is 108 Å². The molecule has 0 spiro atoms. The summed E-state index contributed by atoms with van der Waals surface area (Å²) in [5.41, 5.74) is 7.77. The van der Waals surface area contributed by atoms with Gasteiger partial charge in [0, 0.05) is 33.2 Å². The van der Waals surface area contributed by atoms with Crippen LogP contribution in [0.5, 0.6) is 17.2 Å². The molecule has 0 aliphatic heterocycles. The van der Waals surface area contributed by atoms with E-state index in [1.165, 1.54) is 0 Å². The molecule has 0 unspecified atom stereocenters. The number of para-hydroxylation sites is 3. The van der Waals surface area contributed by atoms with E-state index in [4.69, 9.17) is 0 Å². The number of nitrogens with zero attached hydrogens (tertiary/aromatic N) is 3. The number of pyridine rings is 3. The Balaban J connectivity index is 0.000000163. The van der Waals surface area contributed by atoms with Crippen LogP contribution in [0.2, 0.25) is 0 Å². The SMILES string of the molecule is Cc1cc(C)c2cccc([O-])c2n1.Cc1cc(C)c2cccc([O-])c2n1.Cc1cc(C)c2cccc([O-])c2n1.[Al+3]. The van der Waals surface area contributed by atoms with Crippen molar-refractivity contribution in [3.8, 4) is 17.2 Å². The first kappa shape index (κ1) is 30.4. The second kappa shape index (κ2) is 12.8. The minimum Gasteiger partial charge on any atom is -0.871 e. The van der Waals surface area contributed by atoms with Crippen molar-refractivity contribution in [1.82, 2.24) is 15.0 Å². The molecule has 0 saturated carbocycles. The van der Waals surface area contributed by atoms with Gasteiger partial charge < -0.3 is 15.3 Å². The number of hydrogen-bond acceptors (Lipinski definition) is 6. The van der Waals surface area contributed by atoms with Crippen molar-refractivity contribution in [3.05, 3.63) is 107 Å². The monoisotopic (exact) mass is 543 g/mol. The molecular formula is C33H30AlN3O3. The molecule has 0 radical (unpaired) electrons. The molecule has 3 aromatic carbocycles. The van der Waals surface area contributed by atoms with Crippen LogP contribution in [0.25, 0.3) is 32.7 Å². The zero-order chi connectivity index (χ0) is 28.3. The van der Waals surface area contributed by atoms with E-state index >= 15 is 0 Å². The Labute approximate surface area is 245 Å². The average molecular weight is 544 g/mol. The van der Waals surface area contributed by atoms with Gasteiger partial charge in [-0.15, -0.1) is 0 Å². The first-order valence-corrected chi connectivity index (χ1v) is 12.7. The predicted octanol–water partition coefficient (Wildman–Crippen LogP) is 5.39. The zero-order valence-electron chi connectivity index (χ0n) is 23.6. The zero-order valence-corrected chi connectivity index (χ0v) is 24.7. The molecule has 3 aromatic heterocycles. The predicted molar refractivity (Wildman–Crippen MR) is 158 cm³/mol. The van der Waals surface area contributed by atoms with Gasteiger partial charge >= 0.3 is 17.4 Å². The average Bonchev–Trinajstić information content (AvgIpc) is 2.87. The van der Waals surface area contributed by atoms with Crippen LogP contribution < -0.4 is 15.3 Å². The van der Waals surface area contributed by atoms with E-state index in [1.54, 1.807) is 36.4 Å². The quantitative estimate of drug-likeness (QED) is 0.238. The van der Waals surface area contributed by atoms with Gasteiger partial charge in [0.05, 0.1) is 16.6 Å². The molecule has 0 N–H and O–H groups in total. The van der Waals surface area contributed by atoms with Crippen LogP contribution in [-0.4, -0.2) is 32.3 Å². The van der Waals surface area contributed by atoms with Gasteiger partial charge in [0.2, 0.25) is 0 Å². The van der Waals surface area contributed by atoms with E-state index < -0.39 is 0 Å². The summed E-state index contributed by atoms with van der Waals surface area (Å²) in [5, 5.41) is 37.1. The van der Waals surface area contributed by atoms with E-state index in [9.17, 15) is 15.3 Å². The van der Waals surface area contributed by atoms with Crippen LogP contribution in [0.15, 0.2) is 72.8 Å². The van der Waals surface area contributed by atoms with Gasteiger partial charge in [0.25, 0.3) is 0 Å². The third-order valence-electron chi connectivity index (χ3n) is 6.41. The molecule has 0 aliphatic carbocycles. The second-order valence-corrected chi connectivity index (χ2v) is 9.70. The van der Waals surface area contributed by atoms with Gasteiger partial charge in [-0.3, -0.25) is 15.0 Å². The van der Waals surface area contributed by atoms with Crippen molar-refractivity contribution in [1.29, 1.82) is 0 Å². The summed E-state index contributed by atoms with van der Waals surface area (Å²) in [6.45, 7) is 11.7. The molecule has 0 saturated heterocycles. The van der Waals surface area contributed by atoms with Crippen LogP contribution in [0.1, 0.15) is 33.8 Å². The molecule has 0 fully saturated rings. The molecule has 0 atom stereocenters. The maximum absolute atomic E-state index is 11.4. The molecule has 0 amide bonds. The number of rotatable bonds is 0. The van der Waals surface area contributed by atoms with Crippen LogP contribution in [0.3, 0.4) is 0 Å². The van der Waals surface area contributed by atoms with Crippen LogP contribution in [0.4, 0.5) is 0 Å². The maximum atomic E-state index is 11.4. The summed E-state index contributed by atoms with van der Waals surface area (Å²) in [5.74, 6) is 0.0119. The summed E-state index contributed by atoms with van der Waals surface area (Å²) in [6, 6.07) is 21.7. The summed E-state index contributed by atoms with van der Waals surface area (Å²) in [6.07, 6.45) is 0. The van der Waals surface area contributed by atoms with Gasteiger partial charge in [-0.05, 0) is 76.4 Å². The molecule has 7 heteroatoms. The Morgan fingerprint density at radius 3 is 0.925 bits per heavy atom. The molecule has 198 valence electrons. The fourth-order valence-corrected chi connectivity index (χ4v) is 4.67. The Kier molecular flexibility index (Phi) is 9.70.